The first-order valence-corrected chi connectivity index (χ1v) is 5.29. The molecule has 0 fully saturated rings. The zero-order chi connectivity index (χ0) is 14.2. The average molecular weight is 268 g/mol. The van der Waals surface area contributed by atoms with Crippen molar-refractivity contribution in [3.05, 3.63) is 45.8 Å². The first-order valence-electron chi connectivity index (χ1n) is 5.29. The average Bonchev–Trinajstić information content (AvgIpc) is 2.55. The summed E-state index contributed by atoms with van der Waals surface area (Å²) in [5, 5.41) is 17.5. The molecule has 0 spiro atoms. The van der Waals surface area contributed by atoms with E-state index < -0.39 is 22.2 Å². The molecule has 0 bridgehead atoms. The molecule has 0 unspecified atom stereocenters. The van der Waals surface area contributed by atoms with E-state index in [1.54, 1.807) is 20.2 Å². The lowest BCUT2D eigenvalue weighted by Crippen LogP contribution is -2.01. The molecule has 0 saturated carbocycles. The van der Waals surface area contributed by atoms with E-state index in [0.29, 0.717) is 17.4 Å². The summed E-state index contributed by atoms with van der Waals surface area (Å²) in [6.45, 7) is 1.67. The number of nitrogens with one attached hydrogen (secondary N) is 1. The van der Waals surface area contributed by atoms with E-state index in [9.17, 15) is 18.9 Å². The fourth-order valence-corrected chi connectivity index (χ4v) is 1.71. The van der Waals surface area contributed by atoms with Gasteiger partial charge in [0.15, 0.2) is 0 Å². The molecule has 19 heavy (non-hydrogen) atoms. The van der Waals surface area contributed by atoms with Crippen LogP contribution in [0.4, 0.5) is 25.8 Å². The Morgan fingerprint density at radius 2 is 2.05 bits per heavy atom. The maximum Gasteiger partial charge on any atom is 0.328 e. The highest BCUT2D eigenvalue weighted by atomic mass is 19.1. The number of aryl methyl sites for hydroxylation is 2. The molecule has 0 radical (unpaired) electrons. The molecule has 8 heteroatoms. The molecule has 0 amide bonds. The van der Waals surface area contributed by atoms with Crippen LogP contribution >= 0.6 is 0 Å². The van der Waals surface area contributed by atoms with Crippen LogP contribution < -0.4 is 5.32 Å². The third-order valence-electron chi connectivity index (χ3n) is 2.49. The number of hydrogen-bond donors (Lipinski definition) is 1. The molecule has 2 aromatic rings. The number of hydrogen-bond acceptors (Lipinski definition) is 4. The fourth-order valence-electron chi connectivity index (χ4n) is 1.71. The van der Waals surface area contributed by atoms with Crippen molar-refractivity contribution in [3.8, 4) is 0 Å². The van der Waals surface area contributed by atoms with Crippen LogP contribution in [0.15, 0.2) is 18.3 Å². The minimum Gasteiger partial charge on any atom is -0.347 e. The lowest BCUT2D eigenvalue weighted by atomic mass is 10.2. The highest BCUT2D eigenvalue weighted by Crippen LogP contribution is 2.31. The molecule has 100 valence electrons. The smallest absolute Gasteiger partial charge is 0.328 e. The predicted octanol–water partition coefficient (Wildman–Crippen LogP) is 2.66. The van der Waals surface area contributed by atoms with Gasteiger partial charge in [0.2, 0.25) is 5.82 Å². The van der Waals surface area contributed by atoms with E-state index in [0.717, 1.165) is 6.07 Å². The van der Waals surface area contributed by atoms with Gasteiger partial charge >= 0.3 is 5.69 Å². The summed E-state index contributed by atoms with van der Waals surface area (Å²) in [5.74, 6) is -2.12. The zero-order valence-electron chi connectivity index (χ0n) is 10.1. The predicted molar refractivity (Wildman–Crippen MR) is 64.2 cm³/mol. The van der Waals surface area contributed by atoms with E-state index >= 15 is 0 Å². The summed E-state index contributed by atoms with van der Waals surface area (Å²) in [5.41, 5.74) is -0.0553. The topological polar surface area (TPSA) is 73.0 Å². The molecule has 0 aliphatic carbocycles. The molecule has 1 aromatic heterocycles. The first-order chi connectivity index (χ1) is 8.88. The lowest BCUT2D eigenvalue weighted by Gasteiger charge is -2.06. The van der Waals surface area contributed by atoms with Gasteiger partial charge in [0.05, 0.1) is 16.3 Å². The Balaban J connectivity index is 2.50. The molecular formula is C11H10F2N4O2. The fraction of sp³-hybridized carbons (Fsp3) is 0.182. The van der Waals surface area contributed by atoms with Crippen molar-refractivity contribution in [1.82, 2.24) is 9.78 Å². The van der Waals surface area contributed by atoms with Gasteiger partial charge in [-0.05, 0) is 6.92 Å². The Bertz CT molecular complexity index is 654. The third kappa shape index (κ3) is 2.51. The number of nitrogens with zero attached hydrogens (tertiary/aromatic N) is 3. The quantitative estimate of drug-likeness (QED) is 0.686. The molecule has 1 aromatic carbocycles. The second kappa shape index (κ2) is 4.63. The lowest BCUT2D eigenvalue weighted by molar-refractivity contribution is -0.386. The van der Waals surface area contributed by atoms with Crippen LogP contribution in [0.5, 0.6) is 0 Å². The number of halogens is 2. The number of anilines is 2. The Hall–Kier alpha value is -2.51. The minimum atomic E-state index is -1.23. The van der Waals surface area contributed by atoms with Crippen molar-refractivity contribution in [2.45, 2.75) is 6.92 Å². The molecule has 0 atom stereocenters. The van der Waals surface area contributed by atoms with Gasteiger partial charge in [-0.1, -0.05) is 0 Å². The van der Waals surface area contributed by atoms with Crippen molar-refractivity contribution in [1.29, 1.82) is 0 Å². The molecule has 0 aliphatic rings. The molecule has 1 heterocycles. The number of nitro benzene ring substituents is 1. The minimum absolute atomic E-state index is 0.251. The van der Waals surface area contributed by atoms with Crippen molar-refractivity contribution in [3.63, 3.8) is 0 Å². The molecule has 1 N–H and O–H groups in total. The van der Waals surface area contributed by atoms with Crippen LogP contribution in [-0.4, -0.2) is 14.7 Å². The second-order valence-electron chi connectivity index (χ2n) is 3.97. The van der Waals surface area contributed by atoms with Crippen LogP contribution in [0.2, 0.25) is 0 Å². The highest BCUT2D eigenvalue weighted by Gasteiger charge is 2.22. The van der Waals surface area contributed by atoms with E-state index in [4.69, 9.17) is 0 Å². The van der Waals surface area contributed by atoms with Crippen molar-refractivity contribution in [2.24, 2.45) is 7.05 Å². The summed E-state index contributed by atoms with van der Waals surface area (Å²) in [6, 6.07) is 1.34. The summed E-state index contributed by atoms with van der Waals surface area (Å²) >= 11 is 0. The largest absolute Gasteiger partial charge is 0.347 e. The maximum atomic E-state index is 13.4. The number of benzene rings is 1. The van der Waals surface area contributed by atoms with E-state index in [1.807, 2.05) is 0 Å². The summed E-state index contributed by atoms with van der Waals surface area (Å²) in [7, 11) is 1.67. The van der Waals surface area contributed by atoms with Gasteiger partial charge < -0.3 is 5.32 Å². The Kier molecular flexibility index (Phi) is 3.16. The summed E-state index contributed by atoms with van der Waals surface area (Å²) < 4.78 is 28.1. The van der Waals surface area contributed by atoms with Crippen molar-refractivity contribution in [2.75, 3.05) is 5.32 Å². The van der Waals surface area contributed by atoms with Crippen LogP contribution in [0.3, 0.4) is 0 Å². The van der Waals surface area contributed by atoms with Gasteiger partial charge in [-0.2, -0.15) is 9.49 Å². The van der Waals surface area contributed by atoms with Crippen molar-refractivity contribution >= 4 is 17.1 Å². The van der Waals surface area contributed by atoms with Gasteiger partial charge in [-0.15, -0.1) is 0 Å². The Labute approximate surface area is 106 Å². The van der Waals surface area contributed by atoms with Crippen LogP contribution in [0.1, 0.15) is 5.69 Å². The number of aromatic nitrogens is 2. The number of rotatable bonds is 3. The van der Waals surface area contributed by atoms with Gasteiger partial charge in [0, 0.05) is 25.4 Å². The Morgan fingerprint density at radius 3 is 2.58 bits per heavy atom. The molecule has 0 saturated heterocycles. The zero-order valence-corrected chi connectivity index (χ0v) is 10.1. The summed E-state index contributed by atoms with van der Waals surface area (Å²) in [6.07, 6.45) is 1.56. The number of nitro groups is 1. The van der Waals surface area contributed by atoms with Gasteiger partial charge in [-0.25, -0.2) is 4.39 Å². The van der Waals surface area contributed by atoms with Crippen LogP contribution in [0, 0.1) is 28.7 Å². The van der Waals surface area contributed by atoms with Gasteiger partial charge in [0.1, 0.15) is 11.5 Å². The monoisotopic (exact) mass is 268 g/mol. The normalized spacial score (nSPS) is 10.5. The van der Waals surface area contributed by atoms with Gasteiger partial charge in [0.25, 0.3) is 0 Å². The highest BCUT2D eigenvalue weighted by molar-refractivity contribution is 5.70. The Morgan fingerprint density at radius 1 is 1.37 bits per heavy atom. The first kappa shape index (κ1) is 12.9. The molecule has 0 aliphatic heterocycles. The second-order valence-corrected chi connectivity index (χ2v) is 3.97. The standard InChI is InChI=1S/C11H10F2N4O2/c1-6-10(5-16(2)15-6)14-9-4-7(12)3-8(13)11(9)17(18)19/h3-5,14H,1-2H3. The van der Waals surface area contributed by atoms with E-state index in [-0.39, 0.29) is 5.69 Å². The van der Waals surface area contributed by atoms with Crippen LogP contribution in [0.25, 0.3) is 0 Å². The molecular weight excluding hydrogens is 258 g/mol. The van der Waals surface area contributed by atoms with E-state index in [2.05, 4.69) is 10.4 Å². The maximum absolute atomic E-state index is 13.4. The molecule has 2 rings (SSSR count). The summed E-state index contributed by atoms with van der Waals surface area (Å²) in [4.78, 5) is 9.92. The molecule has 6 nitrogen and oxygen atoms in total. The third-order valence-corrected chi connectivity index (χ3v) is 2.49. The SMILES string of the molecule is Cc1nn(C)cc1Nc1cc(F)cc(F)c1[N+](=O)[O-]. The van der Waals surface area contributed by atoms with Gasteiger partial charge in [-0.3, -0.25) is 14.8 Å². The van der Waals surface area contributed by atoms with E-state index in [1.165, 1.54) is 4.68 Å². The van der Waals surface area contributed by atoms with Crippen molar-refractivity contribution < 1.29 is 13.7 Å². The van der Waals surface area contributed by atoms with Crippen LogP contribution in [-0.2, 0) is 7.05 Å².